The molecule has 2 heteroatoms. The lowest BCUT2D eigenvalue weighted by Crippen LogP contribution is -2.20. The van der Waals surface area contributed by atoms with Crippen LogP contribution in [0.4, 0.5) is 5.69 Å². The molecule has 1 aromatic carbocycles. The molecule has 2 atom stereocenters. The molecule has 2 unspecified atom stereocenters. The molecular weight excluding hydrogens is 246 g/mol. The topological polar surface area (TPSA) is 23.5 Å². The Balaban J connectivity index is 1.62. The van der Waals surface area contributed by atoms with Crippen LogP contribution in [0.15, 0.2) is 18.2 Å². The van der Waals surface area contributed by atoms with Crippen LogP contribution >= 0.6 is 0 Å². The molecule has 20 heavy (non-hydrogen) atoms. The monoisotopic (exact) mass is 273 g/mol. The molecule has 3 rings (SSSR count). The largest absolute Gasteiger partial charge is 0.393 e. The average Bonchev–Trinajstić information content (AvgIpc) is 2.93. The maximum absolute atomic E-state index is 9.41. The SMILES string of the molecule is CC(O)CCC1CCN(c2ccc3c(c2)CCCC3)C1. The van der Waals surface area contributed by atoms with E-state index in [4.69, 9.17) is 0 Å². The summed E-state index contributed by atoms with van der Waals surface area (Å²) in [5.74, 6) is 0.764. The van der Waals surface area contributed by atoms with Crippen molar-refractivity contribution in [2.75, 3.05) is 18.0 Å². The highest BCUT2D eigenvalue weighted by molar-refractivity contribution is 5.52. The van der Waals surface area contributed by atoms with Crippen LogP contribution in [0.25, 0.3) is 0 Å². The van der Waals surface area contributed by atoms with Crippen LogP contribution in [-0.4, -0.2) is 24.3 Å². The minimum atomic E-state index is -0.146. The van der Waals surface area contributed by atoms with Gasteiger partial charge in [-0.1, -0.05) is 6.07 Å². The second kappa shape index (κ2) is 6.17. The van der Waals surface area contributed by atoms with E-state index in [9.17, 15) is 5.11 Å². The summed E-state index contributed by atoms with van der Waals surface area (Å²) in [6.07, 6.45) is 8.50. The van der Waals surface area contributed by atoms with Crippen LogP contribution in [-0.2, 0) is 12.8 Å². The zero-order chi connectivity index (χ0) is 13.9. The van der Waals surface area contributed by atoms with E-state index in [2.05, 4.69) is 23.1 Å². The fourth-order valence-corrected chi connectivity index (χ4v) is 3.70. The third kappa shape index (κ3) is 3.17. The molecular formula is C18H27NO. The zero-order valence-corrected chi connectivity index (χ0v) is 12.6. The lowest BCUT2D eigenvalue weighted by atomic mass is 9.91. The summed E-state index contributed by atoms with van der Waals surface area (Å²) in [5, 5.41) is 9.41. The predicted octanol–water partition coefficient (Wildman–Crippen LogP) is 3.55. The van der Waals surface area contributed by atoms with Gasteiger partial charge >= 0.3 is 0 Å². The molecule has 1 N–H and O–H groups in total. The van der Waals surface area contributed by atoms with Gasteiger partial charge in [0.25, 0.3) is 0 Å². The van der Waals surface area contributed by atoms with E-state index in [0.29, 0.717) is 0 Å². The Labute approximate surface area is 122 Å². The fraction of sp³-hybridized carbons (Fsp3) is 0.667. The Morgan fingerprint density at radius 2 is 2.05 bits per heavy atom. The van der Waals surface area contributed by atoms with Crippen molar-refractivity contribution in [3.63, 3.8) is 0 Å². The molecule has 0 radical (unpaired) electrons. The molecule has 1 aliphatic carbocycles. The quantitative estimate of drug-likeness (QED) is 0.907. The summed E-state index contributed by atoms with van der Waals surface area (Å²) in [5.41, 5.74) is 4.58. The average molecular weight is 273 g/mol. The van der Waals surface area contributed by atoms with Crippen molar-refractivity contribution in [2.24, 2.45) is 5.92 Å². The number of nitrogens with zero attached hydrogens (tertiary/aromatic N) is 1. The van der Waals surface area contributed by atoms with Gasteiger partial charge in [-0.05, 0) is 81.0 Å². The van der Waals surface area contributed by atoms with Crippen molar-refractivity contribution in [1.82, 2.24) is 0 Å². The maximum Gasteiger partial charge on any atom is 0.0512 e. The molecule has 0 aromatic heterocycles. The second-order valence-electron chi connectivity index (χ2n) is 6.69. The van der Waals surface area contributed by atoms with Gasteiger partial charge in [-0.15, -0.1) is 0 Å². The van der Waals surface area contributed by atoms with Crippen molar-refractivity contribution in [2.45, 2.75) is 58.0 Å². The molecule has 2 nitrogen and oxygen atoms in total. The van der Waals surface area contributed by atoms with Crippen LogP contribution in [0.1, 0.15) is 50.2 Å². The molecule has 1 heterocycles. The van der Waals surface area contributed by atoms with Crippen LogP contribution in [0.2, 0.25) is 0 Å². The number of fused-ring (bicyclic) bond motifs is 1. The Morgan fingerprint density at radius 1 is 1.25 bits per heavy atom. The zero-order valence-electron chi connectivity index (χ0n) is 12.6. The summed E-state index contributed by atoms with van der Waals surface area (Å²) in [6.45, 7) is 4.25. The Morgan fingerprint density at radius 3 is 2.85 bits per heavy atom. The van der Waals surface area contributed by atoms with Gasteiger partial charge in [0.1, 0.15) is 0 Å². The molecule has 0 amide bonds. The van der Waals surface area contributed by atoms with E-state index in [1.54, 1.807) is 11.1 Å². The van der Waals surface area contributed by atoms with Crippen molar-refractivity contribution in [3.05, 3.63) is 29.3 Å². The van der Waals surface area contributed by atoms with Crippen molar-refractivity contribution < 1.29 is 5.11 Å². The van der Waals surface area contributed by atoms with Gasteiger partial charge in [0, 0.05) is 18.8 Å². The number of benzene rings is 1. The van der Waals surface area contributed by atoms with E-state index < -0.39 is 0 Å². The molecule has 1 saturated heterocycles. The number of hydrogen-bond acceptors (Lipinski definition) is 2. The number of anilines is 1. The molecule has 2 aliphatic rings. The first-order chi connectivity index (χ1) is 9.72. The standard InChI is InChI=1S/C18H27NO/c1-14(20)6-7-15-10-11-19(13-15)18-9-8-16-4-2-3-5-17(16)12-18/h8-9,12,14-15,20H,2-7,10-11,13H2,1H3. The van der Waals surface area contributed by atoms with Gasteiger partial charge in [-0.3, -0.25) is 0 Å². The van der Waals surface area contributed by atoms with Gasteiger partial charge in [-0.25, -0.2) is 0 Å². The normalized spacial score (nSPS) is 23.7. The minimum absolute atomic E-state index is 0.146. The Bertz CT molecular complexity index is 455. The van der Waals surface area contributed by atoms with Crippen LogP contribution < -0.4 is 4.90 Å². The van der Waals surface area contributed by atoms with Crippen LogP contribution in [0, 0.1) is 5.92 Å². The minimum Gasteiger partial charge on any atom is -0.393 e. The number of hydrogen-bond donors (Lipinski definition) is 1. The molecule has 0 spiro atoms. The van der Waals surface area contributed by atoms with E-state index in [1.165, 1.54) is 57.3 Å². The molecule has 1 fully saturated rings. The summed E-state index contributed by atoms with van der Waals surface area (Å²) in [6, 6.07) is 7.11. The van der Waals surface area contributed by atoms with Gasteiger partial charge in [0.15, 0.2) is 0 Å². The van der Waals surface area contributed by atoms with Gasteiger partial charge in [-0.2, -0.15) is 0 Å². The van der Waals surface area contributed by atoms with Crippen LogP contribution in [0.5, 0.6) is 0 Å². The van der Waals surface area contributed by atoms with E-state index >= 15 is 0 Å². The highest BCUT2D eigenvalue weighted by Gasteiger charge is 2.23. The number of aliphatic hydroxyl groups excluding tert-OH is 1. The van der Waals surface area contributed by atoms with Crippen molar-refractivity contribution in [3.8, 4) is 0 Å². The first kappa shape index (κ1) is 13.9. The molecule has 110 valence electrons. The molecule has 1 aromatic rings. The molecule has 0 saturated carbocycles. The van der Waals surface area contributed by atoms with Crippen molar-refractivity contribution >= 4 is 5.69 Å². The van der Waals surface area contributed by atoms with Crippen molar-refractivity contribution in [1.29, 1.82) is 0 Å². The highest BCUT2D eigenvalue weighted by atomic mass is 16.3. The first-order valence-electron chi connectivity index (χ1n) is 8.27. The Hall–Kier alpha value is -1.02. The third-order valence-electron chi connectivity index (χ3n) is 4.98. The second-order valence-corrected chi connectivity index (χ2v) is 6.69. The summed E-state index contributed by atoms with van der Waals surface area (Å²) in [7, 11) is 0. The molecule has 0 bridgehead atoms. The fourth-order valence-electron chi connectivity index (χ4n) is 3.70. The van der Waals surface area contributed by atoms with Gasteiger partial charge < -0.3 is 10.0 Å². The van der Waals surface area contributed by atoms with E-state index in [0.717, 1.165) is 12.3 Å². The summed E-state index contributed by atoms with van der Waals surface area (Å²) >= 11 is 0. The lowest BCUT2D eigenvalue weighted by Gasteiger charge is -2.23. The number of rotatable bonds is 4. The van der Waals surface area contributed by atoms with Gasteiger partial charge in [0.2, 0.25) is 0 Å². The van der Waals surface area contributed by atoms with E-state index in [-0.39, 0.29) is 6.10 Å². The van der Waals surface area contributed by atoms with Crippen LogP contribution in [0.3, 0.4) is 0 Å². The number of aryl methyl sites for hydroxylation is 2. The van der Waals surface area contributed by atoms with Gasteiger partial charge in [0.05, 0.1) is 6.10 Å². The molecule has 1 aliphatic heterocycles. The third-order valence-corrected chi connectivity index (χ3v) is 4.98. The number of aliphatic hydroxyl groups is 1. The Kier molecular flexibility index (Phi) is 4.30. The lowest BCUT2D eigenvalue weighted by molar-refractivity contribution is 0.175. The smallest absolute Gasteiger partial charge is 0.0512 e. The summed E-state index contributed by atoms with van der Waals surface area (Å²) < 4.78 is 0. The first-order valence-corrected chi connectivity index (χ1v) is 8.27. The highest BCUT2D eigenvalue weighted by Crippen LogP contribution is 2.30. The summed E-state index contributed by atoms with van der Waals surface area (Å²) in [4.78, 5) is 2.54. The predicted molar refractivity (Wildman–Crippen MR) is 84.3 cm³/mol. The van der Waals surface area contributed by atoms with E-state index in [1.807, 2.05) is 6.92 Å². The maximum atomic E-state index is 9.41.